The highest BCUT2D eigenvalue weighted by Gasteiger charge is 2.08. The van der Waals surface area contributed by atoms with Crippen LogP contribution in [0.2, 0.25) is 0 Å². The summed E-state index contributed by atoms with van der Waals surface area (Å²) in [6.07, 6.45) is 0.874. The number of ether oxygens (including phenoxy) is 2. The fourth-order valence-corrected chi connectivity index (χ4v) is 2.01. The summed E-state index contributed by atoms with van der Waals surface area (Å²) >= 11 is 0. The van der Waals surface area contributed by atoms with Gasteiger partial charge < -0.3 is 15.2 Å². The number of hydrogen-bond donors (Lipinski definition) is 1. The van der Waals surface area contributed by atoms with Crippen molar-refractivity contribution in [3.63, 3.8) is 0 Å². The molecule has 0 fully saturated rings. The Morgan fingerprint density at radius 2 is 1.80 bits per heavy atom. The first-order valence-electron chi connectivity index (χ1n) is 6.81. The van der Waals surface area contributed by atoms with Crippen LogP contribution < -0.4 is 15.2 Å². The van der Waals surface area contributed by atoms with E-state index in [0.717, 1.165) is 23.5 Å². The van der Waals surface area contributed by atoms with Crippen LogP contribution >= 0.6 is 0 Å². The van der Waals surface area contributed by atoms with Crippen molar-refractivity contribution >= 4 is 0 Å². The monoisotopic (exact) mass is 271 g/mol. The lowest BCUT2D eigenvalue weighted by atomic mass is 10.1. The molecule has 1 atom stereocenters. The minimum atomic E-state index is -0.0118. The molecule has 3 heteroatoms. The quantitative estimate of drug-likeness (QED) is 0.876. The molecule has 0 spiro atoms. The zero-order valence-electron chi connectivity index (χ0n) is 12.0. The zero-order valence-corrected chi connectivity index (χ0v) is 12.0. The van der Waals surface area contributed by atoms with Gasteiger partial charge in [0, 0.05) is 12.5 Å². The Morgan fingerprint density at radius 3 is 2.45 bits per heavy atom. The van der Waals surface area contributed by atoms with Crippen molar-refractivity contribution in [2.24, 2.45) is 5.73 Å². The van der Waals surface area contributed by atoms with Crippen LogP contribution in [0.4, 0.5) is 0 Å². The molecule has 3 nitrogen and oxygen atoms in total. The highest BCUT2D eigenvalue weighted by atomic mass is 16.5. The molecule has 0 saturated carbocycles. The predicted molar refractivity (Wildman–Crippen MR) is 81.2 cm³/mol. The van der Waals surface area contributed by atoms with E-state index in [1.165, 1.54) is 5.56 Å². The number of benzene rings is 2. The molecular weight excluding hydrogens is 250 g/mol. The molecule has 20 heavy (non-hydrogen) atoms. The van der Waals surface area contributed by atoms with Gasteiger partial charge in [-0.3, -0.25) is 0 Å². The Bertz CT molecular complexity index is 538. The van der Waals surface area contributed by atoms with Crippen molar-refractivity contribution in [1.82, 2.24) is 0 Å². The van der Waals surface area contributed by atoms with E-state index < -0.39 is 0 Å². The lowest BCUT2D eigenvalue weighted by Gasteiger charge is -2.13. The predicted octanol–water partition coefficient (Wildman–Crippen LogP) is 3.34. The fraction of sp³-hybridized carbons (Fsp3) is 0.294. The van der Waals surface area contributed by atoms with Crippen LogP contribution in [0, 0.1) is 0 Å². The van der Waals surface area contributed by atoms with E-state index >= 15 is 0 Å². The molecule has 2 aromatic carbocycles. The minimum absolute atomic E-state index is 0.0118. The van der Waals surface area contributed by atoms with Gasteiger partial charge in [-0.15, -0.1) is 0 Å². The van der Waals surface area contributed by atoms with E-state index in [9.17, 15) is 0 Å². The highest BCUT2D eigenvalue weighted by molar-refractivity contribution is 5.43. The first-order chi connectivity index (χ1) is 9.70. The molecule has 0 aliphatic heterocycles. The van der Waals surface area contributed by atoms with Crippen LogP contribution in [0.1, 0.15) is 24.1 Å². The first kappa shape index (κ1) is 14.4. The van der Waals surface area contributed by atoms with Crippen molar-refractivity contribution in [2.45, 2.75) is 19.4 Å². The molecule has 106 valence electrons. The van der Waals surface area contributed by atoms with E-state index in [1.807, 2.05) is 43.3 Å². The Morgan fingerprint density at radius 1 is 1.05 bits per heavy atom. The van der Waals surface area contributed by atoms with Crippen molar-refractivity contribution < 1.29 is 9.47 Å². The number of nitrogens with two attached hydrogens (primary N) is 1. The van der Waals surface area contributed by atoms with Crippen molar-refractivity contribution in [2.75, 3.05) is 13.7 Å². The Labute approximate surface area is 120 Å². The average Bonchev–Trinajstić information content (AvgIpc) is 2.48. The summed E-state index contributed by atoms with van der Waals surface area (Å²) in [5.41, 5.74) is 8.17. The molecule has 0 aromatic heterocycles. The lowest BCUT2D eigenvalue weighted by molar-refractivity contribution is 0.297. The van der Waals surface area contributed by atoms with Crippen LogP contribution in [0.3, 0.4) is 0 Å². The summed E-state index contributed by atoms with van der Waals surface area (Å²) in [6, 6.07) is 16.1. The molecule has 0 aliphatic carbocycles. The Kier molecular flexibility index (Phi) is 5.02. The zero-order chi connectivity index (χ0) is 14.4. The van der Waals surface area contributed by atoms with Gasteiger partial charge in [0.15, 0.2) is 11.5 Å². The fourth-order valence-electron chi connectivity index (χ4n) is 2.01. The average molecular weight is 271 g/mol. The SMILES string of the molecule is COc1cc([C@@H](C)N)ccc1OCCc1ccccc1. The van der Waals surface area contributed by atoms with Crippen molar-refractivity contribution in [1.29, 1.82) is 0 Å². The second-order valence-corrected chi connectivity index (χ2v) is 4.78. The van der Waals surface area contributed by atoms with Gasteiger partial charge in [0.05, 0.1) is 13.7 Å². The molecule has 0 bridgehead atoms. The minimum Gasteiger partial charge on any atom is -0.493 e. The summed E-state index contributed by atoms with van der Waals surface area (Å²) in [5.74, 6) is 1.49. The summed E-state index contributed by atoms with van der Waals surface area (Å²) in [5, 5.41) is 0. The summed E-state index contributed by atoms with van der Waals surface area (Å²) < 4.78 is 11.2. The van der Waals surface area contributed by atoms with E-state index in [-0.39, 0.29) is 6.04 Å². The van der Waals surface area contributed by atoms with Gasteiger partial charge in [-0.1, -0.05) is 36.4 Å². The molecule has 0 unspecified atom stereocenters. The smallest absolute Gasteiger partial charge is 0.161 e. The third-order valence-electron chi connectivity index (χ3n) is 3.20. The maximum absolute atomic E-state index is 5.87. The van der Waals surface area contributed by atoms with Crippen LogP contribution in [-0.4, -0.2) is 13.7 Å². The summed E-state index contributed by atoms with van der Waals surface area (Å²) in [7, 11) is 1.64. The molecule has 2 rings (SSSR count). The third kappa shape index (κ3) is 3.75. The van der Waals surface area contributed by atoms with Crippen LogP contribution in [0.25, 0.3) is 0 Å². The molecule has 2 N–H and O–H groups in total. The topological polar surface area (TPSA) is 44.5 Å². The van der Waals surface area contributed by atoms with E-state index in [1.54, 1.807) is 7.11 Å². The van der Waals surface area contributed by atoms with Gasteiger partial charge in [0.25, 0.3) is 0 Å². The maximum Gasteiger partial charge on any atom is 0.161 e. The number of hydrogen-bond acceptors (Lipinski definition) is 3. The van der Waals surface area contributed by atoms with Gasteiger partial charge in [0.2, 0.25) is 0 Å². The number of methoxy groups -OCH3 is 1. The largest absolute Gasteiger partial charge is 0.493 e. The van der Waals surface area contributed by atoms with E-state index in [0.29, 0.717) is 6.61 Å². The maximum atomic E-state index is 5.87. The second kappa shape index (κ2) is 6.96. The molecule has 0 aliphatic rings. The van der Waals surface area contributed by atoms with Gasteiger partial charge in [0.1, 0.15) is 0 Å². The van der Waals surface area contributed by atoms with Gasteiger partial charge in [-0.2, -0.15) is 0 Å². The first-order valence-corrected chi connectivity index (χ1v) is 6.81. The highest BCUT2D eigenvalue weighted by Crippen LogP contribution is 2.29. The lowest BCUT2D eigenvalue weighted by Crippen LogP contribution is -2.06. The molecular formula is C17H21NO2. The van der Waals surface area contributed by atoms with Gasteiger partial charge in [-0.05, 0) is 30.2 Å². The van der Waals surface area contributed by atoms with Crippen molar-refractivity contribution in [3.8, 4) is 11.5 Å². The Balaban J connectivity index is 1.99. The molecule has 0 saturated heterocycles. The number of rotatable bonds is 6. The van der Waals surface area contributed by atoms with Crippen molar-refractivity contribution in [3.05, 3.63) is 59.7 Å². The van der Waals surface area contributed by atoms with Gasteiger partial charge in [-0.25, -0.2) is 0 Å². The van der Waals surface area contributed by atoms with Crippen LogP contribution in [0.15, 0.2) is 48.5 Å². The summed E-state index contributed by atoms with van der Waals surface area (Å²) in [6.45, 7) is 2.57. The van der Waals surface area contributed by atoms with Gasteiger partial charge >= 0.3 is 0 Å². The summed E-state index contributed by atoms with van der Waals surface area (Å²) in [4.78, 5) is 0. The second-order valence-electron chi connectivity index (χ2n) is 4.78. The molecule has 2 aromatic rings. The van der Waals surface area contributed by atoms with E-state index in [2.05, 4.69) is 12.1 Å². The van der Waals surface area contributed by atoms with Crippen LogP contribution in [0.5, 0.6) is 11.5 Å². The normalized spacial score (nSPS) is 11.9. The van der Waals surface area contributed by atoms with Crippen LogP contribution in [-0.2, 0) is 6.42 Å². The van der Waals surface area contributed by atoms with E-state index in [4.69, 9.17) is 15.2 Å². The molecule has 0 radical (unpaired) electrons. The molecule has 0 heterocycles. The standard InChI is InChI=1S/C17H21NO2/c1-13(18)15-8-9-16(17(12-15)19-2)20-11-10-14-6-4-3-5-7-14/h3-9,12-13H,10-11,18H2,1-2H3/t13-/m1/s1. The third-order valence-corrected chi connectivity index (χ3v) is 3.20. The Hall–Kier alpha value is -2.00. The molecule has 0 amide bonds.